The number of thiophene rings is 1. The van der Waals surface area contributed by atoms with Gasteiger partial charge < -0.3 is 10.4 Å². The summed E-state index contributed by atoms with van der Waals surface area (Å²) < 4.78 is 36.7. The lowest BCUT2D eigenvalue weighted by molar-refractivity contribution is -0.160. The SMILES string of the molecule is Cc1cc(CCCC(=O)NC(CC(F)(F)F)C(=O)O)c(C)s1. The third kappa shape index (κ3) is 6.46. The molecule has 8 heteroatoms. The summed E-state index contributed by atoms with van der Waals surface area (Å²) in [6.07, 6.45) is -5.11. The molecule has 1 aromatic heterocycles. The first-order valence-corrected chi connectivity index (χ1v) is 7.55. The number of carbonyl (C=O) groups excluding carboxylic acids is 1. The Morgan fingerprint density at radius 1 is 1.36 bits per heavy atom. The van der Waals surface area contributed by atoms with Gasteiger partial charge in [0.1, 0.15) is 6.04 Å². The third-order valence-electron chi connectivity index (χ3n) is 3.06. The van der Waals surface area contributed by atoms with E-state index < -0.39 is 30.5 Å². The Balaban J connectivity index is 2.44. The number of carboxylic acids is 1. The van der Waals surface area contributed by atoms with Crippen LogP contribution in [0.3, 0.4) is 0 Å². The monoisotopic (exact) mass is 337 g/mol. The van der Waals surface area contributed by atoms with Crippen molar-refractivity contribution in [3.63, 3.8) is 0 Å². The van der Waals surface area contributed by atoms with E-state index in [0.29, 0.717) is 12.8 Å². The van der Waals surface area contributed by atoms with Gasteiger partial charge in [0.15, 0.2) is 0 Å². The smallest absolute Gasteiger partial charge is 0.391 e. The van der Waals surface area contributed by atoms with Gasteiger partial charge >= 0.3 is 12.1 Å². The number of aryl methyl sites for hydroxylation is 3. The molecule has 1 heterocycles. The molecule has 0 radical (unpaired) electrons. The minimum Gasteiger partial charge on any atom is -0.480 e. The number of carbonyl (C=O) groups is 2. The quantitative estimate of drug-likeness (QED) is 0.803. The van der Waals surface area contributed by atoms with E-state index in [1.165, 1.54) is 0 Å². The lowest BCUT2D eigenvalue weighted by Crippen LogP contribution is -2.43. The summed E-state index contributed by atoms with van der Waals surface area (Å²) in [4.78, 5) is 24.6. The van der Waals surface area contributed by atoms with Crippen molar-refractivity contribution in [1.29, 1.82) is 0 Å². The normalized spacial score (nSPS) is 13.0. The van der Waals surface area contributed by atoms with Gasteiger partial charge in [-0.25, -0.2) is 4.79 Å². The molecule has 1 aromatic rings. The van der Waals surface area contributed by atoms with Crippen molar-refractivity contribution in [3.8, 4) is 0 Å². The summed E-state index contributed by atoms with van der Waals surface area (Å²) >= 11 is 1.65. The number of aliphatic carboxylic acids is 1. The Kier molecular flexibility index (Phi) is 6.40. The highest BCUT2D eigenvalue weighted by Crippen LogP contribution is 2.23. The van der Waals surface area contributed by atoms with E-state index in [-0.39, 0.29) is 6.42 Å². The van der Waals surface area contributed by atoms with Crippen molar-refractivity contribution in [2.45, 2.75) is 51.7 Å². The van der Waals surface area contributed by atoms with Gasteiger partial charge in [-0.05, 0) is 38.3 Å². The van der Waals surface area contributed by atoms with Crippen molar-refractivity contribution >= 4 is 23.2 Å². The zero-order chi connectivity index (χ0) is 16.9. The number of halogens is 3. The molecule has 1 amide bonds. The fourth-order valence-corrected chi connectivity index (χ4v) is 3.05. The van der Waals surface area contributed by atoms with Gasteiger partial charge in [-0.15, -0.1) is 11.3 Å². The van der Waals surface area contributed by atoms with E-state index in [4.69, 9.17) is 5.11 Å². The molecule has 0 aliphatic carbocycles. The average molecular weight is 337 g/mol. The van der Waals surface area contributed by atoms with Crippen molar-refractivity contribution < 1.29 is 27.9 Å². The molecule has 4 nitrogen and oxygen atoms in total. The van der Waals surface area contributed by atoms with Crippen molar-refractivity contribution in [2.24, 2.45) is 0 Å². The van der Waals surface area contributed by atoms with Crippen LogP contribution in [0.1, 0.15) is 34.6 Å². The predicted molar refractivity (Wildman–Crippen MR) is 77.0 cm³/mol. The first-order valence-electron chi connectivity index (χ1n) is 6.73. The first kappa shape index (κ1) is 18.5. The van der Waals surface area contributed by atoms with Gasteiger partial charge in [0, 0.05) is 16.2 Å². The summed E-state index contributed by atoms with van der Waals surface area (Å²) in [5.41, 5.74) is 1.11. The van der Waals surface area contributed by atoms with Gasteiger partial charge in [0.2, 0.25) is 5.91 Å². The second-order valence-corrected chi connectivity index (χ2v) is 6.53. The van der Waals surface area contributed by atoms with E-state index in [1.807, 2.05) is 25.2 Å². The van der Waals surface area contributed by atoms with E-state index in [0.717, 1.165) is 15.3 Å². The van der Waals surface area contributed by atoms with Gasteiger partial charge in [-0.1, -0.05) is 0 Å². The van der Waals surface area contributed by atoms with E-state index >= 15 is 0 Å². The van der Waals surface area contributed by atoms with Crippen LogP contribution in [0.25, 0.3) is 0 Å². The van der Waals surface area contributed by atoms with Crippen LogP contribution >= 0.6 is 11.3 Å². The topological polar surface area (TPSA) is 66.4 Å². The molecule has 2 N–H and O–H groups in total. The number of hydrogen-bond acceptors (Lipinski definition) is 3. The second-order valence-electron chi connectivity index (χ2n) is 5.07. The van der Waals surface area contributed by atoms with Gasteiger partial charge in [0.25, 0.3) is 0 Å². The molecular formula is C14H18F3NO3S. The molecule has 1 rings (SSSR count). The van der Waals surface area contributed by atoms with E-state index in [1.54, 1.807) is 11.3 Å². The lowest BCUT2D eigenvalue weighted by atomic mass is 10.1. The number of rotatable bonds is 7. The zero-order valence-electron chi connectivity index (χ0n) is 12.3. The third-order valence-corrected chi connectivity index (χ3v) is 4.07. The Morgan fingerprint density at radius 3 is 2.45 bits per heavy atom. The van der Waals surface area contributed by atoms with Crippen LogP contribution in [0.15, 0.2) is 6.07 Å². The summed E-state index contributed by atoms with van der Waals surface area (Å²) in [5.74, 6) is -2.36. The molecule has 0 bridgehead atoms. The molecule has 0 aromatic carbocycles. The van der Waals surface area contributed by atoms with Gasteiger partial charge in [0.05, 0.1) is 6.42 Å². The molecule has 1 unspecified atom stereocenters. The van der Waals surface area contributed by atoms with E-state index in [2.05, 4.69) is 0 Å². The zero-order valence-corrected chi connectivity index (χ0v) is 13.1. The molecule has 0 saturated heterocycles. The highest BCUT2D eigenvalue weighted by atomic mass is 32.1. The van der Waals surface area contributed by atoms with Crippen LogP contribution in [0, 0.1) is 13.8 Å². The molecule has 0 aliphatic rings. The second kappa shape index (κ2) is 7.62. The predicted octanol–water partition coefficient (Wildman–Crippen LogP) is 3.21. The van der Waals surface area contributed by atoms with Crippen LogP contribution in [0.4, 0.5) is 13.2 Å². The minimum absolute atomic E-state index is 0.00400. The van der Waals surface area contributed by atoms with Crippen molar-refractivity contribution in [2.75, 3.05) is 0 Å². The maximum atomic E-state index is 12.2. The fourth-order valence-electron chi connectivity index (χ4n) is 2.07. The summed E-state index contributed by atoms with van der Waals surface area (Å²) in [7, 11) is 0. The molecule has 22 heavy (non-hydrogen) atoms. The molecule has 124 valence electrons. The van der Waals surface area contributed by atoms with Crippen LogP contribution < -0.4 is 5.32 Å². The number of hydrogen-bond donors (Lipinski definition) is 2. The molecule has 0 fully saturated rings. The molecule has 0 saturated carbocycles. The maximum Gasteiger partial charge on any atom is 0.391 e. The van der Waals surface area contributed by atoms with Crippen molar-refractivity contribution in [3.05, 3.63) is 21.4 Å². The largest absolute Gasteiger partial charge is 0.480 e. The van der Waals surface area contributed by atoms with Crippen LogP contribution in [0.2, 0.25) is 0 Å². The number of carboxylic acid groups (broad SMARTS) is 1. The Hall–Kier alpha value is -1.57. The molecule has 0 aliphatic heterocycles. The van der Waals surface area contributed by atoms with Crippen LogP contribution in [0.5, 0.6) is 0 Å². The minimum atomic E-state index is -4.64. The first-order chi connectivity index (χ1) is 10.1. The number of alkyl halides is 3. The van der Waals surface area contributed by atoms with Crippen molar-refractivity contribution in [1.82, 2.24) is 5.32 Å². The van der Waals surface area contributed by atoms with Gasteiger partial charge in [-0.2, -0.15) is 13.2 Å². The summed E-state index contributed by atoms with van der Waals surface area (Å²) in [6, 6.07) is 0.0827. The standard InChI is InChI=1S/C14H18F3NO3S/c1-8-6-10(9(2)22-8)4-3-5-12(19)18-11(13(20)21)7-14(15,16)17/h6,11H,3-5,7H2,1-2H3,(H,18,19)(H,20,21). The van der Waals surface area contributed by atoms with Crippen LogP contribution in [-0.2, 0) is 16.0 Å². The highest BCUT2D eigenvalue weighted by molar-refractivity contribution is 7.12. The van der Waals surface area contributed by atoms with E-state index in [9.17, 15) is 22.8 Å². The lowest BCUT2D eigenvalue weighted by Gasteiger charge is -2.16. The summed E-state index contributed by atoms with van der Waals surface area (Å²) in [6.45, 7) is 3.94. The maximum absolute atomic E-state index is 12.2. The summed E-state index contributed by atoms with van der Waals surface area (Å²) in [5, 5.41) is 10.6. The molecular weight excluding hydrogens is 319 g/mol. The average Bonchev–Trinajstić information content (AvgIpc) is 2.65. The number of nitrogens with one attached hydrogen (secondary N) is 1. The highest BCUT2D eigenvalue weighted by Gasteiger charge is 2.36. The van der Waals surface area contributed by atoms with Crippen LogP contribution in [-0.4, -0.2) is 29.2 Å². The molecule has 1 atom stereocenters. The Labute approximate surface area is 130 Å². The fraction of sp³-hybridized carbons (Fsp3) is 0.571. The van der Waals surface area contributed by atoms with Gasteiger partial charge in [-0.3, -0.25) is 4.79 Å². The molecule has 0 spiro atoms. The number of amides is 1. The Bertz CT molecular complexity index is 540. The Morgan fingerprint density at radius 2 is 2.00 bits per heavy atom.